The van der Waals surface area contributed by atoms with Crippen LogP contribution in [0.4, 0.5) is 0 Å². The largest absolute Gasteiger partial charge is 0.478 e. The molecule has 0 bridgehead atoms. The third kappa shape index (κ3) is 3.73. The number of hydrogen-bond acceptors (Lipinski definition) is 5. The van der Waals surface area contributed by atoms with E-state index in [2.05, 4.69) is 15.0 Å². The molecule has 5 rings (SSSR count). The summed E-state index contributed by atoms with van der Waals surface area (Å²) in [6.07, 6.45) is 3.65. The predicted octanol–water partition coefficient (Wildman–Crippen LogP) is 4.59. The number of carbonyl (C=O) groups is 2. The number of carboxylic acid groups (broad SMARTS) is 1. The minimum absolute atomic E-state index is 0.0174. The van der Waals surface area contributed by atoms with Crippen LogP contribution in [0.15, 0.2) is 48.9 Å². The quantitative estimate of drug-likeness (QED) is 0.347. The van der Waals surface area contributed by atoms with E-state index in [-0.39, 0.29) is 22.2 Å². The third-order valence-electron chi connectivity index (χ3n) is 6.27. The summed E-state index contributed by atoms with van der Waals surface area (Å²) < 4.78 is 5.17. The smallest absolute Gasteiger partial charge is 0.336 e. The van der Waals surface area contributed by atoms with Gasteiger partial charge in [-0.1, -0.05) is 41.4 Å². The van der Waals surface area contributed by atoms with Crippen molar-refractivity contribution in [3.63, 3.8) is 0 Å². The minimum Gasteiger partial charge on any atom is -0.478 e. The van der Waals surface area contributed by atoms with Gasteiger partial charge in [-0.2, -0.15) is 0 Å². The maximum Gasteiger partial charge on any atom is 0.336 e. The van der Waals surface area contributed by atoms with Gasteiger partial charge in [-0.15, -0.1) is 0 Å². The molecule has 4 aromatic rings. The van der Waals surface area contributed by atoms with Crippen molar-refractivity contribution in [1.82, 2.24) is 19.9 Å². The summed E-state index contributed by atoms with van der Waals surface area (Å²) in [7, 11) is 1.35. The lowest BCUT2D eigenvalue weighted by Gasteiger charge is -2.40. The fourth-order valence-corrected chi connectivity index (χ4v) is 5.10. The first-order valence-corrected chi connectivity index (χ1v) is 11.3. The highest BCUT2D eigenvalue weighted by atomic mass is 35.5. The maximum absolute atomic E-state index is 13.0. The van der Waals surface area contributed by atoms with Crippen LogP contribution in [0.2, 0.25) is 10.0 Å². The first-order chi connectivity index (χ1) is 16.4. The van der Waals surface area contributed by atoms with Crippen LogP contribution in [0.25, 0.3) is 10.9 Å². The van der Waals surface area contributed by atoms with Crippen LogP contribution in [0.5, 0.6) is 0 Å². The van der Waals surface area contributed by atoms with Gasteiger partial charge in [0.05, 0.1) is 40.8 Å². The average molecular weight is 499 g/mol. The Labute approximate surface area is 204 Å². The molecule has 1 unspecified atom stereocenters. The molecule has 0 saturated heterocycles. The van der Waals surface area contributed by atoms with E-state index in [1.165, 1.54) is 19.2 Å². The molecular weight excluding hydrogens is 479 g/mol. The molecule has 0 fully saturated rings. The lowest BCUT2D eigenvalue weighted by Crippen LogP contribution is -2.48. The zero-order chi connectivity index (χ0) is 24.0. The summed E-state index contributed by atoms with van der Waals surface area (Å²) in [5.74, 6) is -1.55. The van der Waals surface area contributed by atoms with Crippen LogP contribution < -0.4 is 0 Å². The summed E-state index contributed by atoms with van der Waals surface area (Å²) in [5, 5.41) is 11.2. The first kappa shape index (κ1) is 22.5. The molecule has 0 radical (unpaired) electrons. The normalized spacial score (nSPS) is 18.1. The fraction of sp³-hybridized carbons (Fsp3) is 0.208. The number of esters is 1. The van der Waals surface area contributed by atoms with E-state index < -0.39 is 24.0 Å². The van der Waals surface area contributed by atoms with Gasteiger partial charge in [-0.25, -0.2) is 9.78 Å². The summed E-state index contributed by atoms with van der Waals surface area (Å²) in [6, 6.07) is 9.64. The van der Waals surface area contributed by atoms with E-state index in [9.17, 15) is 14.7 Å². The van der Waals surface area contributed by atoms with Crippen molar-refractivity contribution in [3.05, 3.63) is 87.0 Å². The van der Waals surface area contributed by atoms with Crippen LogP contribution >= 0.6 is 23.2 Å². The molecule has 2 aromatic carbocycles. The number of imidazole rings is 1. The standard InChI is InChI=1S/C24H20Cl2N4O4/c1-34-24(33)20-8-15-13-4-2-3-5-18(13)29-21(15)22(19-9-27-11-28-19)30(20)10-12-6-16(25)17(26)7-14(12)23(31)32/h2-7,9,11,20,22,29H,8,10H2,1H3,(H,27,28)(H,31,32)/t20-,22?/m0/s1. The summed E-state index contributed by atoms with van der Waals surface area (Å²) in [6.45, 7) is 0.108. The molecule has 0 aliphatic carbocycles. The summed E-state index contributed by atoms with van der Waals surface area (Å²) in [4.78, 5) is 37.8. The topological polar surface area (TPSA) is 111 Å². The van der Waals surface area contributed by atoms with Crippen LogP contribution in [0.3, 0.4) is 0 Å². The number of nitrogens with zero attached hydrogens (tertiary/aromatic N) is 2. The number of rotatable bonds is 5. The second-order valence-electron chi connectivity index (χ2n) is 8.12. The van der Waals surface area contributed by atoms with Crippen LogP contribution in [-0.4, -0.2) is 50.0 Å². The predicted molar refractivity (Wildman–Crippen MR) is 127 cm³/mol. The number of benzene rings is 2. The highest BCUT2D eigenvalue weighted by Crippen LogP contribution is 2.42. The van der Waals surface area contributed by atoms with Gasteiger partial charge in [-0.3, -0.25) is 9.69 Å². The van der Waals surface area contributed by atoms with Crippen molar-refractivity contribution in [2.24, 2.45) is 0 Å². The maximum atomic E-state index is 13.0. The van der Waals surface area contributed by atoms with Gasteiger partial charge in [0, 0.05) is 35.8 Å². The molecule has 3 N–H and O–H groups in total. The summed E-state index contributed by atoms with van der Waals surface area (Å²) >= 11 is 12.3. The molecule has 0 amide bonds. The van der Waals surface area contributed by atoms with Crippen molar-refractivity contribution < 1.29 is 19.4 Å². The van der Waals surface area contributed by atoms with E-state index in [1.807, 2.05) is 29.2 Å². The number of ether oxygens (including phenoxy) is 1. The molecule has 0 spiro atoms. The Kier molecular flexibility index (Phi) is 5.81. The van der Waals surface area contributed by atoms with Crippen LogP contribution in [-0.2, 0) is 22.5 Å². The molecule has 10 heteroatoms. The number of carboxylic acids is 1. The van der Waals surface area contributed by atoms with Gasteiger partial charge >= 0.3 is 11.9 Å². The van der Waals surface area contributed by atoms with E-state index in [1.54, 1.807) is 12.5 Å². The number of H-pyrrole nitrogens is 2. The highest BCUT2D eigenvalue weighted by Gasteiger charge is 2.42. The average Bonchev–Trinajstić information content (AvgIpc) is 3.48. The fourth-order valence-electron chi connectivity index (χ4n) is 4.75. The number of hydrogen-bond donors (Lipinski definition) is 3. The van der Waals surface area contributed by atoms with E-state index in [4.69, 9.17) is 27.9 Å². The Balaban J connectivity index is 1.71. The lowest BCUT2D eigenvalue weighted by atomic mass is 9.89. The number of carbonyl (C=O) groups excluding carboxylic acids is 1. The van der Waals surface area contributed by atoms with Gasteiger partial charge in [0.15, 0.2) is 0 Å². The second kappa shape index (κ2) is 8.79. The van der Waals surface area contributed by atoms with E-state index >= 15 is 0 Å². The molecule has 0 saturated carbocycles. The van der Waals surface area contributed by atoms with E-state index in [0.717, 1.165) is 27.9 Å². The number of halogens is 2. The van der Waals surface area contributed by atoms with Gasteiger partial charge < -0.3 is 19.8 Å². The first-order valence-electron chi connectivity index (χ1n) is 10.5. The highest BCUT2D eigenvalue weighted by molar-refractivity contribution is 6.42. The van der Waals surface area contributed by atoms with Gasteiger partial charge in [0.25, 0.3) is 0 Å². The Morgan fingerprint density at radius 3 is 2.71 bits per heavy atom. The number of aromatic carboxylic acids is 1. The molecule has 2 atom stereocenters. The molecule has 174 valence electrons. The minimum atomic E-state index is -1.13. The van der Waals surface area contributed by atoms with Crippen molar-refractivity contribution in [3.8, 4) is 0 Å². The molecule has 8 nitrogen and oxygen atoms in total. The van der Waals surface area contributed by atoms with Crippen LogP contribution in [0, 0.1) is 0 Å². The molecule has 2 aromatic heterocycles. The summed E-state index contributed by atoms with van der Waals surface area (Å²) in [5.41, 5.74) is 4.06. The number of methoxy groups -OCH3 is 1. The zero-order valence-corrected chi connectivity index (χ0v) is 19.5. The van der Waals surface area contributed by atoms with Crippen molar-refractivity contribution >= 4 is 46.0 Å². The van der Waals surface area contributed by atoms with Crippen molar-refractivity contribution in [2.45, 2.75) is 25.0 Å². The number of nitrogens with one attached hydrogen (secondary N) is 2. The van der Waals surface area contributed by atoms with Gasteiger partial charge in [0.2, 0.25) is 0 Å². The Morgan fingerprint density at radius 2 is 2.00 bits per heavy atom. The Morgan fingerprint density at radius 1 is 1.24 bits per heavy atom. The monoisotopic (exact) mass is 498 g/mol. The molecule has 1 aliphatic heterocycles. The molecule has 34 heavy (non-hydrogen) atoms. The van der Waals surface area contributed by atoms with Crippen LogP contribution in [0.1, 0.15) is 38.9 Å². The molecule has 3 heterocycles. The number of aromatic amines is 2. The zero-order valence-electron chi connectivity index (χ0n) is 18.0. The third-order valence-corrected chi connectivity index (χ3v) is 6.99. The van der Waals surface area contributed by atoms with Crippen molar-refractivity contribution in [2.75, 3.05) is 7.11 Å². The SMILES string of the molecule is COC(=O)[C@@H]1Cc2c([nH]c3ccccc23)C(c2cnc[nH]2)N1Cc1cc(Cl)c(Cl)cc1C(=O)O. The number of fused-ring (bicyclic) bond motifs is 3. The second-order valence-corrected chi connectivity index (χ2v) is 8.93. The van der Waals surface area contributed by atoms with Gasteiger partial charge in [-0.05, 0) is 29.3 Å². The number of para-hydroxylation sites is 1. The Bertz CT molecular complexity index is 1400. The van der Waals surface area contributed by atoms with E-state index in [0.29, 0.717) is 12.0 Å². The molecular formula is C24H20Cl2N4O4. The number of aromatic nitrogens is 3. The molecule has 1 aliphatic rings. The lowest BCUT2D eigenvalue weighted by molar-refractivity contribution is -0.148. The Hall–Kier alpha value is -3.33. The van der Waals surface area contributed by atoms with Crippen molar-refractivity contribution in [1.29, 1.82) is 0 Å². The van der Waals surface area contributed by atoms with Gasteiger partial charge in [0.1, 0.15) is 6.04 Å².